The van der Waals surface area contributed by atoms with Gasteiger partial charge in [-0.05, 0) is 73.3 Å². The lowest BCUT2D eigenvalue weighted by molar-refractivity contribution is 0.246. The number of rotatable bonds is 5. The van der Waals surface area contributed by atoms with Gasteiger partial charge in [-0.2, -0.15) is 18.0 Å². The Morgan fingerprint density at radius 1 is 1.19 bits per heavy atom. The summed E-state index contributed by atoms with van der Waals surface area (Å²) < 4.78 is 29.8. The highest BCUT2D eigenvalue weighted by atomic mass is 32.2. The maximum Gasteiger partial charge on any atom is 0.333 e. The number of fused-ring (bicyclic) bond motifs is 1. The zero-order chi connectivity index (χ0) is 25.1. The molecule has 2 heterocycles. The highest BCUT2D eigenvalue weighted by Crippen LogP contribution is 2.72. The minimum atomic E-state index is -3.89. The average molecular weight is 510 g/mol. The van der Waals surface area contributed by atoms with Gasteiger partial charge in [-0.25, -0.2) is 10.1 Å². The first kappa shape index (κ1) is 22.9. The number of nitrogens with zero attached hydrogens (tertiary/aromatic N) is 3. The van der Waals surface area contributed by atoms with Crippen LogP contribution in [0.4, 0.5) is 5.82 Å². The van der Waals surface area contributed by atoms with Crippen molar-refractivity contribution in [3.63, 3.8) is 0 Å². The van der Waals surface area contributed by atoms with Crippen molar-refractivity contribution in [3.05, 3.63) is 47.3 Å². The van der Waals surface area contributed by atoms with Crippen molar-refractivity contribution in [1.82, 2.24) is 14.6 Å². The molecule has 5 aliphatic carbocycles. The molecule has 0 amide bonds. The first-order valence-electron chi connectivity index (χ1n) is 13.2. The first-order chi connectivity index (χ1) is 17.0. The van der Waals surface area contributed by atoms with Gasteiger partial charge < -0.3 is 5.32 Å². The number of hydrogen-bond donors (Lipinski definition) is 2. The molecule has 3 N–H and O–H groups in total. The summed E-state index contributed by atoms with van der Waals surface area (Å²) in [7, 11) is -3.89. The van der Waals surface area contributed by atoms with E-state index in [0.717, 1.165) is 49.3 Å². The van der Waals surface area contributed by atoms with Crippen LogP contribution in [-0.4, -0.2) is 35.2 Å². The van der Waals surface area contributed by atoms with Crippen molar-refractivity contribution in [2.24, 2.45) is 27.3 Å². The van der Waals surface area contributed by atoms with Crippen LogP contribution in [0.25, 0.3) is 5.65 Å². The number of aromatic nitrogens is 3. The zero-order valence-electron chi connectivity index (χ0n) is 21.2. The van der Waals surface area contributed by atoms with Crippen molar-refractivity contribution in [1.29, 1.82) is 0 Å². The number of anilines is 1. The molecule has 36 heavy (non-hydrogen) atoms. The van der Waals surface area contributed by atoms with Gasteiger partial charge in [0.05, 0.1) is 11.8 Å². The van der Waals surface area contributed by atoms with E-state index in [0.29, 0.717) is 12.0 Å². The van der Waals surface area contributed by atoms with Crippen molar-refractivity contribution < 1.29 is 12.6 Å². The van der Waals surface area contributed by atoms with Gasteiger partial charge in [-0.1, -0.05) is 38.5 Å². The van der Waals surface area contributed by atoms with Crippen molar-refractivity contribution in [2.45, 2.75) is 83.8 Å². The third-order valence-corrected chi connectivity index (χ3v) is 10.5. The normalized spacial score (nSPS) is 38.3. The third-order valence-electron chi connectivity index (χ3n) is 10.0. The predicted molar refractivity (Wildman–Crippen MR) is 137 cm³/mol. The van der Waals surface area contributed by atoms with E-state index in [1.165, 1.54) is 18.4 Å². The molecule has 0 aromatic carbocycles. The second-order valence-corrected chi connectivity index (χ2v) is 13.9. The molecule has 0 saturated heterocycles. The van der Waals surface area contributed by atoms with Gasteiger partial charge in [-0.3, -0.25) is 4.18 Å². The van der Waals surface area contributed by atoms with Crippen molar-refractivity contribution in [2.75, 3.05) is 5.32 Å². The summed E-state index contributed by atoms with van der Waals surface area (Å²) in [6, 6.07) is 4.49. The quantitative estimate of drug-likeness (QED) is 0.615. The number of allylic oxidation sites excluding steroid dienone is 4. The van der Waals surface area contributed by atoms with Crippen LogP contribution in [0.5, 0.6) is 0 Å². The molecular formula is C27H35N5O3S. The van der Waals surface area contributed by atoms with Gasteiger partial charge in [0.2, 0.25) is 0 Å². The van der Waals surface area contributed by atoms with Gasteiger partial charge in [-0.15, -0.1) is 0 Å². The van der Waals surface area contributed by atoms with Crippen LogP contribution < -0.4 is 10.5 Å². The molecule has 2 spiro atoms. The van der Waals surface area contributed by atoms with Crippen LogP contribution >= 0.6 is 0 Å². The summed E-state index contributed by atoms with van der Waals surface area (Å²) in [5.74, 6) is 1.65. The van der Waals surface area contributed by atoms with Crippen molar-refractivity contribution >= 4 is 21.8 Å². The van der Waals surface area contributed by atoms with E-state index in [4.69, 9.17) is 14.4 Å². The van der Waals surface area contributed by atoms with E-state index >= 15 is 0 Å². The monoisotopic (exact) mass is 509 g/mol. The molecule has 8 nitrogen and oxygen atoms in total. The van der Waals surface area contributed by atoms with E-state index in [-0.39, 0.29) is 28.3 Å². The number of hydrogen-bond acceptors (Lipinski definition) is 6. The van der Waals surface area contributed by atoms with Crippen molar-refractivity contribution in [3.8, 4) is 0 Å². The lowest BCUT2D eigenvalue weighted by Gasteiger charge is -2.33. The molecule has 3 saturated carbocycles. The van der Waals surface area contributed by atoms with E-state index in [1.807, 2.05) is 16.8 Å². The SMILES string of the molecule is CC1C2=C(C=CC1c1cc3nccc(NC4CC45CCC4(C[C@@H]4OS(N)(=O)=O)C5)n3n1)CCC2(C)C. The molecule has 6 atom stereocenters. The molecule has 5 aliphatic rings. The van der Waals surface area contributed by atoms with Crippen LogP contribution in [-0.2, 0) is 14.5 Å². The van der Waals surface area contributed by atoms with E-state index in [2.05, 4.69) is 49.3 Å². The predicted octanol–water partition coefficient (Wildman–Crippen LogP) is 4.47. The second-order valence-electron chi connectivity index (χ2n) is 12.8. The summed E-state index contributed by atoms with van der Waals surface area (Å²) in [5.41, 5.74) is 5.50. The fourth-order valence-corrected chi connectivity index (χ4v) is 8.57. The van der Waals surface area contributed by atoms with Gasteiger partial charge in [0.15, 0.2) is 5.65 Å². The minimum absolute atomic E-state index is 0.0136. The number of nitrogens with two attached hydrogens (primary N) is 1. The molecule has 0 radical (unpaired) electrons. The Bertz CT molecular complexity index is 1440. The molecule has 2 aromatic heterocycles. The molecule has 5 unspecified atom stereocenters. The Morgan fingerprint density at radius 2 is 2.00 bits per heavy atom. The minimum Gasteiger partial charge on any atom is -0.367 e. The second kappa shape index (κ2) is 7.20. The Labute approximate surface area is 212 Å². The molecule has 0 bridgehead atoms. The Balaban J connectivity index is 1.09. The smallest absolute Gasteiger partial charge is 0.333 e. The molecule has 9 heteroatoms. The summed E-state index contributed by atoms with van der Waals surface area (Å²) in [6.07, 6.45) is 13.6. The maximum absolute atomic E-state index is 11.4. The van der Waals surface area contributed by atoms with Gasteiger partial charge in [0, 0.05) is 29.6 Å². The van der Waals surface area contributed by atoms with Crippen LogP contribution in [0, 0.1) is 22.2 Å². The van der Waals surface area contributed by atoms with E-state index in [9.17, 15) is 8.42 Å². The Morgan fingerprint density at radius 3 is 2.81 bits per heavy atom. The van der Waals surface area contributed by atoms with Gasteiger partial charge >= 0.3 is 10.3 Å². The first-order valence-corrected chi connectivity index (χ1v) is 14.7. The highest BCUT2D eigenvalue weighted by Gasteiger charge is 2.70. The molecule has 192 valence electrons. The lowest BCUT2D eigenvalue weighted by Crippen LogP contribution is -2.22. The van der Waals surface area contributed by atoms with Gasteiger partial charge in [0.25, 0.3) is 0 Å². The molecule has 0 aliphatic heterocycles. The summed E-state index contributed by atoms with van der Waals surface area (Å²) >= 11 is 0. The third kappa shape index (κ3) is 3.50. The largest absolute Gasteiger partial charge is 0.367 e. The Hall–Kier alpha value is -2.23. The standard InChI is InChI=1S/C27H35N5O3S/c1-16-18(5-4-17-6-8-25(2,3)24(16)17)19-12-23-29-11-7-22(32(23)31-19)30-20-13-26(20)9-10-27(15-26)14-21(27)35-36(28,33)34/h4-5,7,11-12,16,18,20-21,30H,6,8-10,13-15H2,1-3H3,(H2,28,33,34)/t16?,18?,20?,21-,26?,27?/m0/s1. The van der Waals surface area contributed by atoms with Crippen LogP contribution in [0.3, 0.4) is 0 Å². The fourth-order valence-electron chi connectivity index (χ4n) is 7.97. The van der Waals surface area contributed by atoms with E-state index in [1.54, 1.807) is 5.57 Å². The van der Waals surface area contributed by atoms with E-state index < -0.39 is 10.3 Å². The van der Waals surface area contributed by atoms with Crippen LogP contribution in [0.15, 0.2) is 41.6 Å². The molecule has 7 rings (SSSR count). The zero-order valence-corrected chi connectivity index (χ0v) is 22.0. The van der Waals surface area contributed by atoms with Crippen LogP contribution in [0.1, 0.15) is 77.3 Å². The summed E-state index contributed by atoms with van der Waals surface area (Å²) in [4.78, 5) is 4.61. The fraction of sp³-hybridized carbons (Fsp3) is 0.630. The van der Waals surface area contributed by atoms with Gasteiger partial charge in [0.1, 0.15) is 5.82 Å². The summed E-state index contributed by atoms with van der Waals surface area (Å²) in [6.45, 7) is 7.10. The number of nitrogens with one attached hydrogen (secondary N) is 1. The van der Waals surface area contributed by atoms with Crippen LogP contribution in [0.2, 0.25) is 0 Å². The Kier molecular flexibility index (Phi) is 4.59. The summed E-state index contributed by atoms with van der Waals surface area (Å²) in [5, 5.41) is 13.9. The lowest BCUT2D eigenvalue weighted by atomic mass is 9.71. The average Bonchev–Trinajstić information content (AvgIpc) is 3.38. The highest BCUT2D eigenvalue weighted by molar-refractivity contribution is 7.84. The topological polar surface area (TPSA) is 112 Å². The maximum atomic E-state index is 11.4. The molecule has 3 fully saturated rings. The molecule has 2 aromatic rings. The molecular weight excluding hydrogens is 474 g/mol.